The molecular formula is C27H37NO6. The van der Waals surface area contributed by atoms with E-state index in [4.69, 9.17) is 14.2 Å². The molecule has 0 fully saturated rings. The van der Waals surface area contributed by atoms with Gasteiger partial charge in [0.1, 0.15) is 16.9 Å². The number of pyridine rings is 1. The lowest BCUT2D eigenvalue weighted by Gasteiger charge is -2.20. The average Bonchev–Trinajstić information content (AvgIpc) is 2.79. The van der Waals surface area contributed by atoms with Gasteiger partial charge in [-0.3, -0.25) is 4.79 Å². The minimum atomic E-state index is -0.761. The highest BCUT2D eigenvalue weighted by Crippen LogP contribution is 2.22. The Hall–Kier alpha value is -3.09. The van der Waals surface area contributed by atoms with Crippen LogP contribution in [0.3, 0.4) is 0 Å². The van der Waals surface area contributed by atoms with Crippen molar-refractivity contribution in [2.24, 2.45) is 0 Å². The fourth-order valence-electron chi connectivity index (χ4n) is 3.97. The molecule has 1 aromatic carbocycles. The van der Waals surface area contributed by atoms with Crippen LogP contribution in [0.4, 0.5) is 0 Å². The largest absolute Gasteiger partial charge is 0.494 e. The number of hydrogen-bond donors (Lipinski definition) is 0. The smallest absolute Gasteiger partial charge is 0.343 e. The SMILES string of the molecule is CCCCCCCCOc1ccc(-n2c(C)c(C(=O)OCC)c(=O)c(C(=O)OCC)c2C)cc1. The van der Waals surface area contributed by atoms with Crippen LogP contribution in [-0.2, 0) is 9.47 Å². The maximum absolute atomic E-state index is 13.1. The Balaban J connectivity index is 2.34. The van der Waals surface area contributed by atoms with E-state index in [9.17, 15) is 14.4 Å². The molecule has 0 bridgehead atoms. The van der Waals surface area contributed by atoms with Crippen LogP contribution in [0, 0.1) is 13.8 Å². The standard InChI is InChI=1S/C27H37NO6/c1-6-9-10-11-12-13-18-34-22-16-14-21(15-17-22)28-19(4)23(26(30)32-7-2)25(29)24(20(28)5)27(31)33-8-3/h14-17H,6-13,18H2,1-5H3. The highest BCUT2D eigenvalue weighted by atomic mass is 16.5. The molecule has 0 amide bonds. The van der Waals surface area contributed by atoms with Crippen molar-refractivity contribution >= 4 is 11.9 Å². The highest BCUT2D eigenvalue weighted by Gasteiger charge is 2.27. The van der Waals surface area contributed by atoms with Crippen LogP contribution >= 0.6 is 0 Å². The van der Waals surface area contributed by atoms with E-state index in [2.05, 4.69) is 6.92 Å². The number of esters is 2. The Labute approximate surface area is 202 Å². The quantitative estimate of drug-likeness (QED) is 0.281. The number of ether oxygens (including phenoxy) is 3. The summed E-state index contributed by atoms with van der Waals surface area (Å²) in [5, 5.41) is 0. The summed E-state index contributed by atoms with van der Waals surface area (Å²) >= 11 is 0. The Morgan fingerprint density at radius 3 is 1.76 bits per heavy atom. The Kier molecular flexibility index (Phi) is 10.8. The van der Waals surface area contributed by atoms with Gasteiger partial charge >= 0.3 is 11.9 Å². The van der Waals surface area contributed by atoms with Gasteiger partial charge in [0.05, 0.1) is 19.8 Å². The number of aromatic nitrogens is 1. The summed E-state index contributed by atoms with van der Waals surface area (Å²) in [6, 6.07) is 7.37. The molecule has 0 saturated carbocycles. The van der Waals surface area contributed by atoms with Gasteiger partial charge in [0.25, 0.3) is 0 Å². The summed E-state index contributed by atoms with van der Waals surface area (Å²) in [4.78, 5) is 38.3. The topological polar surface area (TPSA) is 83.8 Å². The summed E-state index contributed by atoms with van der Waals surface area (Å²) in [6.45, 7) is 9.75. The van der Waals surface area contributed by atoms with Crippen molar-refractivity contribution < 1.29 is 23.8 Å². The molecule has 34 heavy (non-hydrogen) atoms. The normalized spacial score (nSPS) is 10.7. The maximum atomic E-state index is 13.1. The number of carbonyl (C=O) groups is 2. The summed E-state index contributed by atoms with van der Waals surface area (Å²) < 4.78 is 17.8. The van der Waals surface area contributed by atoms with Gasteiger partial charge in [-0.25, -0.2) is 9.59 Å². The third-order valence-corrected chi connectivity index (χ3v) is 5.67. The third-order valence-electron chi connectivity index (χ3n) is 5.67. The number of nitrogens with zero attached hydrogens (tertiary/aromatic N) is 1. The van der Waals surface area contributed by atoms with Crippen molar-refractivity contribution in [3.63, 3.8) is 0 Å². The van der Waals surface area contributed by atoms with Crippen LogP contribution in [0.15, 0.2) is 29.1 Å². The van der Waals surface area contributed by atoms with E-state index in [1.165, 1.54) is 25.7 Å². The zero-order valence-corrected chi connectivity index (χ0v) is 21.1. The predicted octanol–water partition coefficient (Wildman–Crippen LogP) is 5.55. The van der Waals surface area contributed by atoms with Crippen molar-refractivity contribution in [1.82, 2.24) is 4.57 Å². The zero-order chi connectivity index (χ0) is 25.1. The predicted molar refractivity (Wildman–Crippen MR) is 132 cm³/mol. The van der Waals surface area contributed by atoms with Crippen LogP contribution in [-0.4, -0.2) is 36.3 Å². The van der Waals surface area contributed by atoms with Crippen LogP contribution in [0.5, 0.6) is 5.75 Å². The molecule has 2 rings (SSSR count). The van der Waals surface area contributed by atoms with Gasteiger partial charge < -0.3 is 18.8 Å². The highest BCUT2D eigenvalue weighted by molar-refractivity contribution is 5.96. The first kappa shape index (κ1) is 27.2. The minimum Gasteiger partial charge on any atom is -0.494 e. The molecule has 0 radical (unpaired) electrons. The van der Waals surface area contributed by atoms with E-state index in [1.54, 1.807) is 32.3 Å². The molecule has 7 nitrogen and oxygen atoms in total. The molecule has 1 heterocycles. The first-order valence-electron chi connectivity index (χ1n) is 12.2. The summed E-state index contributed by atoms with van der Waals surface area (Å²) in [5.41, 5.74) is 0.474. The van der Waals surface area contributed by atoms with Gasteiger partial charge in [-0.2, -0.15) is 0 Å². The van der Waals surface area contributed by atoms with E-state index in [-0.39, 0.29) is 24.3 Å². The molecule has 0 atom stereocenters. The van der Waals surface area contributed by atoms with E-state index < -0.39 is 17.4 Å². The van der Waals surface area contributed by atoms with Crippen LogP contribution < -0.4 is 10.2 Å². The van der Waals surface area contributed by atoms with Crippen molar-refractivity contribution in [3.05, 3.63) is 57.0 Å². The maximum Gasteiger partial charge on any atom is 0.343 e. The number of unbranched alkanes of at least 4 members (excludes halogenated alkanes) is 5. The molecule has 7 heteroatoms. The molecule has 0 spiro atoms. The van der Waals surface area contributed by atoms with E-state index in [0.29, 0.717) is 23.7 Å². The lowest BCUT2D eigenvalue weighted by Crippen LogP contribution is -2.31. The van der Waals surface area contributed by atoms with Crippen LogP contribution in [0.1, 0.15) is 91.4 Å². The van der Waals surface area contributed by atoms with Crippen molar-refractivity contribution in [2.45, 2.75) is 73.1 Å². The van der Waals surface area contributed by atoms with Gasteiger partial charge in [0.2, 0.25) is 5.43 Å². The third kappa shape index (κ3) is 6.72. The lowest BCUT2D eigenvalue weighted by molar-refractivity contribution is 0.0519. The summed E-state index contributed by atoms with van der Waals surface area (Å²) in [6.07, 6.45) is 7.18. The second-order valence-electron chi connectivity index (χ2n) is 8.14. The molecule has 1 aromatic heterocycles. The Morgan fingerprint density at radius 2 is 1.26 bits per heavy atom. The van der Waals surface area contributed by atoms with Crippen LogP contribution in [0.2, 0.25) is 0 Å². The summed E-state index contributed by atoms with van der Waals surface area (Å²) in [5.74, 6) is -0.781. The second-order valence-corrected chi connectivity index (χ2v) is 8.14. The first-order chi connectivity index (χ1) is 16.4. The summed E-state index contributed by atoms with van der Waals surface area (Å²) in [7, 11) is 0. The average molecular weight is 472 g/mol. The molecule has 0 unspecified atom stereocenters. The minimum absolute atomic E-state index is 0.116. The molecule has 0 aliphatic carbocycles. The molecule has 0 aliphatic rings. The van der Waals surface area contributed by atoms with Gasteiger partial charge in [0.15, 0.2) is 0 Å². The Bertz CT molecular complexity index is 975. The number of carbonyl (C=O) groups excluding carboxylic acids is 2. The number of benzene rings is 1. The van der Waals surface area contributed by atoms with Gasteiger partial charge in [-0.1, -0.05) is 39.0 Å². The number of hydrogen-bond acceptors (Lipinski definition) is 6. The van der Waals surface area contributed by atoms with Crippen molar-refractivity contribution in [3.8, 4) is 11.4 Å². The fraction of sp³-hybridized carbons (Fsp3) is 0.519. The molecule has 0 N–H and O–H groups in total. The fourth-order valence-corrected chi connectivity index (χ4v) is 3.97. The van der Waals surface area contributed by atoms with Crippen molar-refractivity contribution in [2.75, 3.05) is 19.8 Å². The first-order valence-corrected chi connectivity index (χ1v) is 12.2. The molecule has 186 valence electrons. The Morgan fingerprint density at radius 1 is 0.765 bits per heavy atom. The lowest BCUT2D eigenvalue weighted by atomic mass is 10.0. The van der Waals surface area contributed by atoms with Gasteiger partial charge in [0, 0.05) is 17.1 Å². The second kappa shape index (κ2) is 13.6. The monoisotopic (exact) mass is 471 g/mol. The van der Waals surface area contributed by atoms with E-state index in [1.807, 2.05) is 24.3 Å². The zero-order valence-electron chi connectivity index (χ0n) is 21.1. The van der Waals surface area contributed by atoms with Crippen molar-refractivity contribution in [1.29, 1.82) is 0 Å². The van der Waals surface area contributed by atoms with E-state index >= 15 is 0 Å². The molecular weight excluding hydrogens is 434 g/mol. The molecule has 2 aromatic rings. The molecule has 0 saturated heterocycles. The number of rotatable bonds is 13. The van der Waals surface area contributed by atoms with Gasteiger partial charge in [-0.05, 0) is 58.4 Å². The van der Waals surface area contributed by atoms with Gasteiger partial charge in [-0.15, -0.1) is 0 Å². The van der Waals surface area contributed by atoms with E-state index in [0.717, 1.165) is 18.6 Å². The molecule has 0 aliphatic heterocycles. The van der Waals surface area contributed by atoms with Crippen LogP contribution in [0.25, 0.3) is 5.69 Å².